The summed E-state index contributed by atoms with van der Waals surface area (Å²) < 4.78 is 26.3. The first-order valence-corrected chi connectivity index (χ1v) is 8.66. The van der Waals surface area contributed by atoms with Gasteiger partial charge in [0.1, 0.15) is 5.44 Å². The number of thioether (sulfide) groups is 1. The summed E-state index contributed by atoms with van der Waals surface area (Å²) >= 11 is 1.26. The highest BCUT2D eigenvalue weighted by atomic mass is 32.2. The van der Waals surface area contributed by atoms with Crippen LogP contribution in [0.25, 0.3) is 0 Å². The van der Waals surface area contributed by atoms with E-state index in [0.29, 0.717) is 5.75 Å². The Bertz CT molecular complexity index is 521. The van der Waals surface area contributed by atoms with E-state index in [2.05, 4.69) is 0 Å². The molecule has 0 aliphatic carbocycles. The molecule has 0 aromatic rings. The summed E-state index contributed by atoms with van der Waals surface area (Å²) in [7, 11) is 0. The van der Waals surface area contributed by atoms with Gasteiger partial charge in [-0.25, -0.2) is 0 Å². The van der Waals surface area contributed by atoms with Gasteiger partial charge in [0.15, 0.2) is 12.2 Å². The second-order valence-corrected chi connectivity index (χ2v) is 6.54. The largest absolute Gasteiger partial charge is 0.455 e. The molecular formula is C15H22O9S. The smallest absolute Gasteiger partial charge is 0.305 e. The molecule has 9 nitrogen and oxygen atoms in total. The molecule has 0 aromatic heterocycles. The van der Waals surface area contributed by atoms with E-state index >= 15 is 0 Å². The molecule has 1 heterocycles. The first-order chi connectivity index (χ1) is 11.6. The lowest BCUT2D eigenvalue weighted by Crippen LogP contribution is -2.61. The summed E-state index contributed by atoms with van der Waals surface area (Å²) in [5.41, 5.74) is -0.783. The van der Waals surface area contributed by atoms with Crippen LogP contribution in [0.2, 0.25) is 0 Å². The Hall–Kier alpha value is -1.81. The minimum absolute atomic E-state index is 0.584. The zero-order chi connectivity index (χ0) is 19.1. The predicted molar refractivity (Wildman–Crippen MR) is 85.2 cm³/mol. The second-order valence-electron chi connectivity index (χ2n) is 5.16. The number of rotatable bonds is 6. The maximum atomic E-state index is 11.5. The molecule has 5 atom stereocenters. The van der Waals surface area contributed by atoms with E-state index in [9.17, 15) is 19.2 Å². The Kier molecular flexibility index (Phi) is 8.17. The van der Waals surface area contributed by atoms with Crippen LogP contribution in [0.5, 0.6) is 0 Å². The number of ether oxygens (including phenoxy) is 5. The maximum absolute atomic E-state index is 11.5. The van der Waals surface area contributed by atoms with Crippen molar-refractivity contribution in [3.05, 3.63) is 0 Å². The van der Waals surface area contributed by atoms with Crippen LogP contribution in [0.15, 0.2) is 0 Å². The molecule has 0 unspecified atom stereocenters. The van der Waals surface area contributed by atoms with Crippen LogP contribution in [0.4, 0.5) is 0 Å². The highest BCUT2D eigenvalue weighted by Gasteiger charge is 2.53. The van der Waals surface area contributed by atoms with Gasteiger partial charge in [0.05, 0.1) is 0 Å². The monoisotopic (exact) mass is 378 g/mol. The summed E-state index contributed by atoms with van der Waals surface area (Å²) in [4.78, 5) is 45.8. The molecule has 0 bridgehead atoms. The molecule has 1 fully saturated rings. The van der Waals surface area contributed by atoms with Crippen molar-refractivity contribution in [2.24, 2.45) is 0 Å². The van der Waals surface area contributed by atoms with E-state index in [1.54, 1.807) is 0 Å². The third kappa shape index (κ3) is 6.54. The number of esters is 4. The standard InChI is InChI=1S/C15H22O9S/c1-6-25-15-13(22-9(4)18)11(20-7(2)16)12(21-8(3)17)14(24-15)23-10(5)19/h11-15H,6H2,1-5H3/t11-,12-,13+,14-,15-/m0/s1. The molecule has 142 valence electrons. The van der Waals surface area contributed by atoms with E-state index in [0.717, 1.165) is 20.8 Å². The van der Waals surface area contributed by atoms with Crippen LogP contribution < -0.4 is 0 Å². The van der Waals surface area contributed by atoms with Crippen molar-refractivity contribution in [2.45, 2.75) is 64.7 Å². The fraction of sp³-hybridized carbons (Fsp3) is 0.733. The van der Waals surface area contributed by atoms with Crippen molar-refractivity contribution in [2.75, 3.05) is 5.75 Å². The van der Waals surface area contributed by atoms with E-state index < -0.39 is 53.9 Å². The fourth-order valence-electron chi connectivity index (χ4n) is 2.29. The normalized spacial score (nSPS) is 28.6. The minimum atomic E-state index is -1.30. The lowest BCUT2D eigenvalue weighted by Gasteiger charge is -2.43. The van der Waals surface area contributed by atoms with Crippen LogP contribution in [-0.2, 0) is 42.9 Å². The minimum Gasteiger partial charge on any atom is -0.455 e. The topological polar surface area (TPSA) is 114 Å². The van der Waals surface area contributed by atoms with Gasteiger partial charge >= 0.3 is 23.9 Å². The predicted octanol–water partition coefficient (Wildman–Crippen LogP) is 0.780. The van der Waals surface area contributed by atoms with Gasteiger partial charge < -0.3 is 23.7 Å². The summed E-state index contributed by atoms with van der Waals surface area (Å²) in [6, 6.07) is 0. The fourth-order valence-corrected chi connectivity index (χ4v) is 3.21. The highest BCUT2D eigenvalue weighted by Crippen LogP contribution is 2.34. The van der Waals surface area contributed by atoms with Crippen molar-refractivity contribution in [3.63, 3.8) is 0 Å². The average Bonchev–Trinajstić information content (AvgIpc) is 2.45. The first kappa shape index (κ1) is 21.2. The van der Waals surface area contributed by atoms with Gasteiger partial charge in [0, 0.05) is 27.7 Å². The summed E-state index contributed by atoms with van der Waals surface area (Å²) in [5, 5.41) is 0. The lowest BCUT2D eigenvalue weighted by molar-refractivity contribution is -0.280. The molecule has 10 heteroatoms. The quantitative estimate of drug-likeness (QED) is 0.485. The summed E-state index contributed by atoms with van der Waals surface area (Å²) in [5.74, 6) is -2.09. The molecule has 1 aliphatic heterocycles. The van der Waals surface area contributed by atoms with E-state index in [1.807, 2.05) is 6.92 Å². The van der Waals surface area contributed by atoms with Gasteiger partial charge in [-0.05, 0) is 5.75 Å². The van der Waals surface area contributed by atoms with Gasteiger partial charge in [0.25, 0.3) is 0 Å². The van der Waals surface area contributed by atoms with Crippen LogP contribution in [0.1, 0.15) is 34.6 Å². The molecule has 0 aromatic carbocycles. The van der Waals surface area contributed by atoms with Gasteiger partial charge in [-0.15, -0.1) is 11.8 Å². The number of carbonyl (C=O) groups excluding carboxylic acids is 4. The Labute approximate surface area is 149 Å². The zero-order valence-corrected chi connectivity index (χ0v) is 15.5. The number of hydrogen-bond acceptors (Lipinski definition) is 10. The summed E-state index contributed by atoms with van der Waals surface area (Å²) in [6.45, 7) is 6.50. The van der Waals surface area contributed by atoms with Gasteiger partial charge in [0.2, 0.25) is 12.4 Å². The van der Waals surface area contributed by atoms with Crippen molar-refractivity contribution in [1.29, 1.82) is 0 Å². The molecule has 1 aliphatic rings. The maximum Gasteiger partial charge on any atom is 0.305 e. The molecular weight excluding hydrogens is 356 g/mol. The zero-order valence-electron chi connectivity index (χ0n) is 14.7. The Morgan fingerprint density at radius 2 is 1.20 bits per heavy atom. The molecule has 0 radical (unpaired) electrons. The van der Waals surface area contributed by atoms with Crippen LogP contribution in [0, 0.1) is 0 Å². The van der Waals surface area contributed by atoms with Crippen LogP contribution in [-0.4, -0.2) is 59.7 Å². The van der Waals surface area contributed by atoms with E-state index in [4.69, 9.17) is 23.7 Å². The average molecular weight is 378 g/mol. The third-order valence-electron chi connectivity index (χ3n) is 2.97. The Balaban J connectivity index is 3.25. The molecule has 1 saturated heterocycles. The van der Waals surface area contributed by atoms with E-state index in [-0.39, 0.29) is 0 Å². The Morgan fingerprint density at radius 3 is 1.64 bits per heavy atom. The lowest BCUT2D eigenvalue weighted by atomic mass is 10.0. The summed E-state index contributed by atoms with van der Waals surface area (Å²) in [6.07, 6.45) is -4.81. The Morgan fingerprint density at radius 1 is 0.760 bits per heavy atom. The first-order valence-electron chi connectivity index (χ1n) is 7.61. The molecule has 1 rings (SSSR count). The van der Waals surface area contributed by atoms with Crippen molar-refractivity contribution in [1.82, 2.24) is 0 Å². The molecule has 0 spiro atoms. The molecule has 0 amide bonds. The van der Waals surface area contributed by atoms with E-state index in [1.165, 1.54) is 18.7 Å². The highest BCUT2D eigenvalue weighted by molar-refractivity contribution is 7.99. The van der Waals surface area contributed by atoms with Crippen LogP contribution >= 0.6 is 11.8 Å². The van der Waals surface area contributed by atoms with Crippen molar-refractivity contribution in [3.8, 4) is 0 Å². The van der Waals surface area contributed by atoms with Crippen molar-refractivity contribution < 1.29 is 42.9 Å². The van der Waals surface area contributed by atoms with Gasteiger partial charge in [-0.1, -0.05) is 6.92 Å². The number of hydrogen-bond donors (Lipinski definition) is 0. The SMILES string of the molecule is CCS[C@@H]1O[C@H](OC(C)=O)[C@@H](OC(C)=O)[C@H](OC(C)=O)[C@H]1OC(C)=O. The van der Waals surface area contributed by atoms with Crippen LogP contribution in [0.3, 0.4) is 0 Å². The molecule has 0 saturated carbocycles. The number of carbonyl (C=O) groups is 4. The molecule has 25 heavy (non-hydrogen) atoms. The van der Waals surface area contributed by atoms with Gasteiger partial charge in [-0.2, -0.15) is 0 Å². The second kappa shape index (κ2) is 9.62. The van der Waals surface area contributed by atoms with Gasteiger partial charge in [-0.3, -0.25) is 19.2 Å². The third-order valence-corrected chi connectivity index (χ3v) is 4.01. The molecule has 0 N–H and O–H groups in total. The van der Waals surface area contributed by atoms with Crippen molar-refractivity contribution >= 4 is 35.6 Å².